The molecule has 4 nitrogen and oxygen atoms in total. The van der Waals surface area contributed by atoms with Crippen LogP contribution < -0.4 is 5.32 Å². The summed E-state index contributed by atoms with van der Waals surface area (Å²) >= 11 is 0. The summed E-state index contributed by atoms with van der Waals surface area (Å²) in [5.74, 6) is -1.03. The maximum Gasteiger partial charge on any atom is 0.451 e. The summed E-state index contributed by atoms with van der Waals surface area (Å²) in [6, 6.07) is 7.39. The van der Waals surface area contributed by atoms with E-state index in [1.807, 2.05) is 32.0 Å². The number of aromatic amines is 1. The molecule has 0 atom stereocenters. The highest BCUT2D eigenvalue weighted by molar-refractivity contribution is 5.90. The van der Waals surface area contributed by atoms with Crippen LogP contribution in [0.25, 0.3) is 11.0 Å². The van der Waals surface area contributed by atoms with Gasteiger partial charge in [0.15, 0.2) is 0 Å². The van der Waals surface area contributed by atoms with E-state index in [0.29, 0.717) is 11.1 Å². The zero-order chi connectivity index (χ0) is 16.8. The number of hydrogen-bond acceptors (Lipinski definition) is 3. The van der Waals surface area contributed by atoms with E-state index in [1.54, 1.807) is 13.0 Å². The Morgan fingerprint density at radius 2 is 1.78 bits per heavy atom. The standard InChI is InChI=1S/C16H15F3N4/c1-8-4-5-12(9(2)6-8)21-14-11-7-10(3)20-13(11)22-15(23-14)16(17,18)19/h4-7H,1-3H3,(H2,20,21,22,23). The molecule has 1 aromatic carbocycles. The van der Waals surface area contributed by atoms with Crippen molar-refractivity contribution in [1.29, 1.82) is 0 Å². The zero-order valence-corrected chi connectivity index (χ0v) is 12.8. The van der Waals surface area contributed by atoms with Gasteiger partial charge in [-0.1, -0.05) is 17.7 Å². The first-order chi connectivity index (χ1) is 10.7. The summed E-state index contributed by atoms with van der Waals surface area (Å²) in [7, 11) is 0. The zero-order valence-electron chi connectivity index (χ0n) is 12.8. The molecular formula is C16H15F3N4. The first-order valence-electron chi connectivity index (χ1n) is 7.03. The average Bonchev–Trinajstić information content (AvgIpc) is 2.81. The molecule has 2 heterocycles. The molecule has 0 aliphatic heterocycles. The van der Waals surface area contributed by atoms with Gasteiger partial charge in [0.25, 0.3) is 0 Å². The molecule has 0 amide bonds. The molecule has 2 aromatic heterocycles. The normalized spacial score (nSPS) is 11.9. The summed E-state index contributed by atoms with van der Waals surface area (Å²) in [6.07, 6.45) is -4.61. The first-order valence-corrected chi connectivity index (χ1v) is 7.03. The molecule has 23 heavy (non-hydrogen) atoms. The van der Waals surface area contributed by atoms with Gasteiger partial charge in [0.1, 0.15) is 11.5 Å². The molecule has 120 valence electrons. The molecule has 0 radical (unpaired) electrons. The number of halogens is 3. The molecule has 0 saturated carbocycles. The van der Waals surface area contributed by atoms with Gasteiger partial charge in [0, 0.05) is 11.4 Å². The molecule has 3 aromatic rings. The van der Waals surface area contributed by atoms with E-state index in [9.17, 15) is 13.2 Å². The minimum absolute atomic E-state index is 0.138. The van der Waals surface area contributed by atoms with Crippen LogP contribution in [0.1, 0.15) is 22.6 Å². The minimum atomic E-state index is -4.61. The molecule has 0 aliphatic carbocycles. The Morgan fingerprint density at radius 3 is 2.43 bits per heavy atom. The number of aromatic nitrogens is 3. The number of alkyl halides is 3. The van der Waals surface area contributed by atoms with Crippen molar-refractivity contribution in [3.63, 3.8) is 0 Å². The summed E-state index contributed by atoms with van der Waals surface area (Å²) in [4.78, 5) is 10.1. The van der Waals surface area contributed by atoms with Gasteiger partial charge in [-0.25, -0.2) is 9.97 Å². The number of rotatable bonds is 2. The van der Waals surface area contributed by atoms with Gasteiger partial charge < -0.3 is 10.3 Å². The molecule has 0 saturated heterocycles. The van der Waals surface area contributed by atoms with Crippen LogP contribution in [0.4, 0.5) is 24.7 Å². The van der Waals surface area contributed by atoms with Gasteiger partial charge in [0.05, 0.1) is 5.39 Å². The van der Waals surface area contributed by atoms with Crippen molar-refractivity contribution < 1.29 is 13.2 Å². The summed E-state index contributed by atoms with van der Waals surface area (Å²) in [5, 5.41) is 3.52. The van der Waals surface area contributed by atoms with Crippen molar-refractivity contribution in [2.45, 2.75) is 26.9 Å². The van der Waals surface area contributed by atoms with Gasteiger partial charge in [-0.15, -0.1) is 0 Å². The van der Waals surface area contributed by atoms with E-state index in [-0.39, 0.29) is 11.5 Å². The van der Waals surface area contributed by atoms with E-state index in [4.69, 9.17) is 0 Å². The smallest absolute Gasteiger partial charge is 0.343 e. The SMILES string of the molecule is Cc1ccc(Nc2nc(C(F)(F)F)nc3[nH]c(C)cc23)c(C)c1. The summed E-state index contributed by atoms with van der Waals surface area (Å²) in [6.45, 7) is 5.60. The second kappa shape index (κ2) is 5.26. The van der Waals surface area contributed by atoms with Crippen molar-refractivity contribution in [1.82, 2.24) is 15.0 Å². The largest absolute Gasteiger partial charge is 0.451 e. The van der Waals surface area contributed by atoms with Crippen LogP contribution in [0.3, 0.4) is 0 Å². The Hall–Kier alpha value is -2.57. The van der Waals surface area contributed by atoms with Crippen LogP contribution in [0, 0.1) is 20.8 Å². The molecule has 2 N–H and O–H groups in total. The molecule has 0 aliphatic rings. The van der Waals surface area contributed by atoms with E-state index in [1.165, 1.54) is 0 Å². The second-order valence-electron chi connectivity index (χ2n) is 5.55. The number of fused-ring (bicyclic) bond motifs is 1. The maximum absolute atomic E-state index is 13.0. The van der Waals surface area contributed by atoms with Crippen molar-refractivity contribution in [3.8, 4) is 0 Å². The minimum Gasteiger partial charge on any atom is -0.343 e. The first kappa shape index (κ1) is 15.3. The highest BCUT2D eigenvalue weighted by Gasteiger charge is 2.36. The van der Waals surface area contributed by atoms with E-state index in [0.717, 1.165) is 16.8 Å². The van der Waals surface area contributed by atoms with Crippen LogP contribution in [-0.4, -0.2) is 15.0 Å². The third-order valence-electron chi connectivity index (χ3n) is 3.51. The Kier molecular flexibility index (Phi) is 3.50. The monoisotopic (exact) mass is 320 g/mol. The average molecular weight is 320 g/mol. The molecule has 0 unspecified atom stereocenters. The van der Waals surface area contributed by atoms with Crippen LogP contribution in [0.2, 0.25) is 0 Å². The molecule has 3 rings (SSSR count). The van der Waals surface area contributed by atoms with E-state index in [2.05, 4.69) is 20.3 Å². The van der Waals surface area contributed by atoms with Gasteiger partial charge in [0.2, 0.25) is 5.82 Å². The lowest BCUT2D eigenvalue weighted by molar-refractivity contribution is -0.144. The van der Waals surface area contributed by atoms with Crippen LogP contribution in [-0.2, 0) is 6.18 Å². The van der Waals surface area contributed by atoms with Gasteiger partial charge >= 0.3 is 6.18 Å². The third kappa shape index (κ3) is 2.99. The van der Waals surface area contributed by atoms with E-state index < -0.39 is 12.0 Å². The number of benzene rings is 1. The van der Waals surface area contributed by atoms with Gasteiger partial charge in [-0.05, 0) is 38.5 Å². The Balaban J connectivity index is 2.15. The molecule has 0 fully saturated rings. The third-order valence-corrected chi connectivity index (χ3v) is 3.51. The Morgan fingerprint density at radius 1 is 1.04 bits per heavy atom. The quantitative estimate of drug-likeness (QED) is 0.723. The van der Waals surface area contributed by atoms with Crippen molar-refractivity contribution >= 4 is 22.5 Å². The van der Waals surface area contributed by atoms with Crippen molar-refractivity contribution in [3.05, 3.63) is 46.9 Å². The molecular weight excluding hydrogens is 305 g/mol. The van der Waals surface area contributed by atoms with Crippen molar-refractivity contribution in [2.24, 2.45) is 0 Å². The highest BCUT2D eigenvalue weighted by Crippen LogP contribution is 2.32. The Bertz CT molecular complexity index is 881. The second-order valence-corrected chi connectivity index (χ2v) is 5.55. The summed E-state index contributed by atoms with van der Waals surface area (Å²) < 4.78 is 39.0. The van der Waals surface area contributed by atoms with E-state index >= 15 is 0 Å². The fraction of sp³-hybridized carbons (Fsp3) is 0.250. The number of hydrogen-bond donors (Lipinski definition) is 2. The number of H-pyrrole nitrogens is 1. The summed E-state index contributed by atoms with van der Waals surface area (Å²) in [5.41, 5.74) is 3.60. The predicted octanol–water partition coefficient (Wildman–Crippen LogP) is 4.65. The van der Waals surface area contributed by atoms with Crippen molar-refractivity contribution in [2.75, 3.05) is 5.32 Å². The van der Waals surface area contributed by atoms with Gasteiger partial charge in [-0.2, -0.15) is 13.2 Å². The van der Waals surface area contributed by atoms with Crippen LogP contribution >= 0.6 is 0 Å². The molecule has 0 bridgehead atoms. The lowest BCUT2D eigenvalue weighted by atomic mass is 10.1. The van der Waals surface area contributed by atoms with Crippen LogP contribution in [0.5, 0.6) is 0 Å². The molecule has 0 spiro atoms. The number of anilines is 2. The molecule has 7 heteroatoms. The fourth-order valence-electron chi connectivity index (χ4n) is 2.44. The topological polar surface area (TPSA) is 53.6 Å². The lowest BCUT2D eigenvalue weighted by Crippen LogP contribution is -2.12. The van der Waals surface area contributed by atoms with Crippen LogP contribution in [0.15, 0.2) is 24.3 Å². The Labute approximate surface area is 130 Å². The number of nitrogens with one attached hydrogen (secondary N) is 2. The number of nitrogens with zero attached hydrogens (tertiary/aromatic N) is 2. The fourth-order valence-corrected chi connectivity index (χ4v) is 2.44. The maximum atomic E-state index is 13.0. The van der Waals surface area contributed by atoms with Gasteiger partial charge in [-0.3, -0.25) is 0 Å². The predicted molar refractivity (Wildman–Crippen MR) is 82.8 cm³/mol. The lowest BCUT2D eigenvalue weighted by Gasteiger charge is -2.12. The highest BCUT2D eigenvalue weighted by atomic mass is 19.4. The number of aryl methyl sites for hydroxylation is 3.